The maximum Gasteiger partial charge on any atom is 0.306 e. The molecule has 0 radical (unpaired) electrons. The van der Waals surface area contributed by atoms with Crippen LogP contribution in [0.1, 0.15) is 129 Å². The van der Waals surface area contributed by atoms with Gasteiger partial charge in [-0.2, -0.15) is 0 Å². The lowest BCUT2D eigenvalue weighted by Gasteiger charge is -2.18. The third kappa shape index (κ3) is 19.1. The van der Waals surface area contributed by atoms with Crippen LogP contribution in [-0.4, -0.2) is 35.5 Å². The van der Waals surface area contributed by atoms with Crippen molar-refractivity contribution < 1.29 is 19.7 Å². The minimum absolute atomic E-state index is 0.00489. The van der Waals surface area contributed by atoms with Crippen LogP contribution in [0.5, 0.6) is 0 Å². The monoisotopic (exact) mass is 414 g/mol. The second-order valence-electron chi connectivity index (χ2n) is 8.70. The number of carbonyl (C=O) groups excluding carboxylic acids is 1. The Hall–Kier alpha value is -0.610. The molecular formula is C25H50O4. The summed E-state index contributed by atoms with van der Waals surface area (Å²) in [6.45, 7) is 4.61. The molecule has 0 heterocycles. The SMILES string of the molecule is CCCCCCC(CCCCCC)OC(=O)CCCCCCCCC(CO)CO. The predicted molar refractivity (Wildman–Crippen MR) is 122 cm³/mol. The smallest absolute Gasteiger partial charge is 0.306 e. The van der Waals surface area contributed by atoms with E-state index in [2.05, 4.69) is 13.8 Å². The molecular weight excluding hydrogens is 364 g/mol. The number of aliphatic hydroxyl groups excluding tert-OH is 2. The molecule has 0 unspecified atom stereocenters. The molecule has 0 aromatic rings. The molecule has 0 amide bonds. The zero-order valence-corrected chi connectivity index (χ0v) is 19.5. The highest BCUT2D eigenvalue weighted by Gasteiger charge is 2.14. The molecule has 0 spiro atoms. The van der Waals surface area contributed by atoms with Gasteiger partial charge in [0.2, 0.25) is 0 Å². The molecule has 0 aliphatic carbocycles. The van der Waals surface area contributed by atoms with E-state index < -0.39 is 0 Å². The Kier molecular flexibility index (Phi) is 21.6. The molecule has 0 rings (SSSR count). The van der Waals surface area contributed by atoms with Gasteiger partial charge in [-0.1, -0.05) is 84.5 Å². The van der Waals surface area contributed by atoms with Crippen molar-refractivity contribution in [1.82, 2.24) is 0 Å². The summed E-state index contributed by atoms with van der Waals surface area (Å²) in [4.78, 5) is 12.2. The highest BCUT2D eigenvalue weighted by atomic mass is 16.5. The van der Waals surface area contributed by atoms with Gasteiger partial charge in [0.25, 0.3) is 0 Å². The molecule has 2 N–H and O–H groups in total. The van der Waals surface area contributed by atoms with Gasteiger partial charge in [-0.05, 0) is 38.5 Å². The molecule has 0 saturated heterocycles. The van der Waals surface area contributed by atoms with Gasteiger partial charge in [0, 0.05) is 25.6 Å². The summed E-state index contributed by atoms with van der Waals surface area (Å²) >= 11 is 0. The van der Waals surface area contributed by atoms with E-state index >= 15 is 0 Å². The number of aliphatic hydroxyl groups is 2. The Morgan fingerprint density at radius 3 is 1.62 bits per heavy atom. The van der Waals surface area contributed by atoms with Crippen LogP contribution in [0.25, 0.3) is 0 Å². The fraction of sp³-hybridized carbons (Fsp3) is 0.960. The van der Waals surface area contributed by atoms with Gasteiger partial charge in [0.05, 0.1) is 0 Å². The van der Waals surface area contributed by atoms with Crippen molar-refractivity contribution in [3.8, 4) is 0 Å². The molecule has 4 heteroatoms. The first-order valence-corrected chi connectivity index (χ1v) is 12.6. The third-order valence-electron chi connectivity index (χ3n) is 5.82. The van der Waals surface area contributed by atoms with Crippen molar-refractivity contribution in [1.29, 1.82) is 0 Å². The number of hydrogen-bond donors (Lipinski definition) is 2. The van der Waals surface area contributed by atoms with E-state index in [9.17, 15) is 4.79 Å². The lowest BCUT2D eigenvalue weighted by molar-refractivity contribution is -0.150. The lowest BCUT2D eigenvalue weighted by atomic mass is 10.0. The van der Waals surface area contributed by atoms with E-state index in [1.165, 1.54) is 51.4 Å². The average Bonchev–Trinajstić information content (AvgIpc) is 2.73. The number of unbranched alkanes of at least 4 members (excludes halogenated alkanes) is 11. The molecule has 174 valence electrons. The van der Waals surface area contributed by atoms with Crippen molar-refractivity contribution in [2.45, 2.75) is 136 Å². The quantitative estimate of drug-likeness (QED) is 0.155. The van der Waals surface area contributed by atoms with Gasteiger partial charge in [0.15, 0.2) is 0 Å². The highest BCUT2D eigenvalue weighted by molar-refractivity contribution is 5.69. The second-order valence-corrected chi connectivity index (χ2v) is 8.70. The van der Waals surface area contributed by atoms with E-state index in [1.807, 2.05) is 0 Å². The number of hydrogen-bond acceptors (Lipinski definition) is 4. The molecule has 0 aliphatic heterocycles. The summed E-state index contributed by atoms with van der Waals surface area (Å²) in [7, 11) is 0. The molecule has 0 saturated carbocycles. The van der Waals surface area contributed by atoms with E-state index in [0.717, 1.165) is 57.8 Å². The van der Waals surface area contributed by atoms with Crippen LogP contribution in [0.3, 0.4) is 0 Å². The normalized spacial score (nSPS) is 11.5. The summed E-state index contributed by atoms with van der Waals surface area (Å²) in [6.07, 6.45) is 20.0. The van der Waals surface area contributed by atoms with Crippen LogP contribution in [0, 0.1) is 5.92 Å². The Balaban J connectivity index is 3.83. The first-order chi connectivity index (χ1) is 14.2. The zero-order valence-electron chi connectivity index (χ0n) is 19.5. The minimum Gasteiger partial charge on any atom is -0.462 e. The molecule has 0 fully saturated rings. The number of esters is 1. The molecule has 4 nitrogen and oxygen atoms in total. The largest absolute Gasteiger partial charge is 0.462 e. The third-order valence-corrected chi connectivity index (χ3v) is 5.82. The van der Waals surface area contributed by atoms with Gasteiger partial charge in [-0.25, -0.2) is 0 Å². The fourth-order valence-electron chi connectivity index (χ4n) is 3.75. The summed E-state index contributed by atoms with van der Waals surface area (Å²) in [5, 5.41) is 18.1. The van der Waals surface area contributed by atoms with Gasteiger partial charge >= 0.3 is 5.97 Å². The van der Waals surface area contributed by atoms with Crippen molar-refractivity contribution in [2.24, 2.45) is 5.92 Å². The fourth-order valence-corrected chi connectivity index (χ4v) is 3.75. The Bertz CT molecular complexity index is 330. The molecule has 0 bridgehead atoms. The zero-order chi connectivity index (χ0) is 21.6. The van der Waals surface area contributed by atoms with E-state index in [0.29, 0.717) is 6.42 Å². The average molecular weight is 415 g/mol. The minimum atomic E-state index is -0.00489. The van der Waals surface area contributed by atoms with E-state index in [-0.39, 0.29) is 31.2 Å². The summed E-state index contributed by atoms with van der Waals surface area (Å²) < 4.78 is 5.82. The van der Waals surface area contributed by atoms with Crippen LogP contribution in [-0.2, 0) is 9.53 Å². The number of ether oxygens (including phenoxy) is 1. The standard InChI is InChI=1S/C25H50O4/c1-3-5-7-14-18-24(19-15-8-6-4-2)29-25(28)20-16-12-10-9-11-13-17-23(21-26)22-27/h23-24,26-27H,3-22H2,1-2H3. The van der Waals surface area contributed by atoms with Crippen LogP contribution in [0.4, 0.5) is 0 Å². The predicted octanol–water partition coefficient (Wildman–Crippen LogP) is 6.56. The van der Waals surface area contributed by atoms with Gasteiger partial charge in [0.1, 0.15) is 6.10 Å². The van der Waals surface area contributed by atoms with Crippen LogP contribution in [0.2, 0.25) is 0 Å². The van der Waals surface area contributed by atoms with Crippen molar-refractivity contribution in [2.75, 3.05) is 13.2 Å². The van der Waals surface area contributed by atoms with Gasteiger partial charge < -0.3 is 14.9 Å². The Morgan fingerprint density at radius 1 is 0.655 bits per heavy atom. The molecule has 29 heavy (non-hydrogen) atoms. The topological polar surface area (TPSA) is 66.8 Å². The Labute approximate surface area is 180 Å². The summed E-state index contributed by atoms with van der Waals surface area (Å²) in [5.74, 6) is 0.0383. The maximum atomic E-state index is 12.2. The van der Waals surface area contributed by atoms with Crippen molar-refractivity contribution >= 4 is 5.97 Å². The van der Waals surface area contributed by atoms with Gasteiger partial charge in [-0.3, -0.25) is 4.79 Å². The van der Waals surface area contributed by atoms with Crippen molar-refractivity contribution in [3.63, 3.8) is 0 Å². The molecule has 0 aromatic heterocycles. The number of rotatable bonds is 22. The van der Waals surface area contributed by atoms with E-state index in [4.69, 9.17) is 14.9 Å². The summed E-state index contributed by atoms with van der Waals surface area (Å²) in [6, 6.07) is 0. The van der Waals surface area contributed by atoms with Crippen molar-refractivity contribution in [3.05, 3.63) is 0 Å². The molecule has 0 aliphatic rings. The van der Waals surface area contributed by atoms with Crippen LogP contribution < -0.4 is 0 Å². The Morgan fingerprint density at radius 2 is 1.10 bits per heavy atom. The van der Waals surface area contributed by atoms with Crippen LogP contribution >= 0.6 is 0 Å². The second kappa shape index (κ2) is 22.1. The highest BCUT2D eigenvalue weighted by Crippen LogP contribution is 2.17. The number of carbonyl (C=O) groups is 1. The first kappa shape index (κ1) is 28.4. The maximum absolute atomic E-state index is 12.2. The summed E-state index contributed by atoms with van der Waals surface area (Å²) in [5.41, 5.74) is 0. The molecule has 0 atom stereocenters. The first-order valence-electron chi connectivity index (χ1n) is 12.6. The van der Waals surface area contributed by atoms with Crippen LogP contribution in [0.15, 0.2) is 0 Å². The lowest BCUT2D eigenvalue weighted by Crippen LogP contribution is -2.18. The van der Waals surface area contributed by atoms with E-state index in [1.54, 1.807) is 0 Å². The van der Waals surface area contributed by atoms with Gasteiger partial charge in [-0.15, -0.1) is 0 Å². The molecule has 0 aromatic carbocycles.